The molecule has 1 unspecified atom stereocenters. The second kappa shape index (κ2) is 7.63. The molecule has 4 heteroatoms. The van der Waals surface area contributed by atoms with Gasteiger partial charge in [0, 0.05) is 18.2 Å². The van der Waals surface area contributed by atoms with E-state index in [4.69, 9.17) is 5.11 Å². The zero-order valence-corrected chi connectivity index (χ0v) is 10.5. The summed E-state index contributed by atoms with van der Waals surface area (Å²) in [6.07, 6.45) is 2.33. The van der Waals surface area contributed by atoms with Crippen LogP contribution in [0, 0.1) is 0 Å². The minimum Gasteiger partial charge on any atom is -0.478 e. The van der Waals surface area contributed by atoms with Crippen LogP contribution >= 0.6 is 0 Å². The molecular formula is C14H19NO3. The first-order valence-corrected chi connectivity index (χ1v) is 5.91. The molecule has 1 atom stereocenters. The summed E-state index contributed by atoms with van der Waals surface area (Å²) < 4.78 is 0. The molecule has 0 aromatic heterocycles. The minimum absolute atomic E-state index is 0.0227. The van der Waals surface area contributed by atoms with Gasteiger partial charge in [0.05, 0.1) is 6.61 Å². The molecule has 0 saturated heterocycles. The fourth-order valence-electron chi connectivity index (χ4n) is 1.57. The number of nitrogens with one attached hydrogen (secondary N) is 1. The standard InChI is InChI=1S/C14H19NO3/c1-11(14(17)18)7-8-15-13(10-16)9-12-5-3-2-4-6-12/h2-7,13,15-16H,8-10H2,1H3,(H,17,18)/b11-7-. The maximum atomic E-state index is 10.6. The summed E-state index contributed by atoms with van der Waals surface area (Å²) in [7, 11) is 0. The Morgan fingerprint density at radius 3 is 2.61 bits per heavy atom. The largest absolute Gasteiger partial charge is 0.478 e. The van der Waals surface area contributed by atoms with Crippen molar-refractivity contribution >= 4 is 5.97 Å². The first-order valence-electron chi connectivity index (χ1n) is 5.91. The minimum atomic E-state index is -0.916. The molecule has 18 heavy (non-hydrogen) atoms. The lowest BCUT2D eigenvalue weighted by atomic mass is 10.1. The highest BCUT2D eigenvalue weighted by Crippen LogP contribution is 2.02. The number of aliphatic hydroxyl groups is 1. The molecule has 0 saturated carbocycles. The summed E-state index contributed by atoms with van der Waals surface area (Å²) >= 11 is 0. The molecule has 0 heterocycles. The van der Waals surface area contributed by atoms with Crippen LogP contribution in [-0.4, -0.2) is 35.4 Å². The lowest BCUT2D eigenvalue weighted by molar-refractivity contribution is -0.132. The van der Waals surface area contributed by atoms with Crippen LogP contribution in [0.3, 0.4) is 0 Å². The summed E-state index contributed by atoms with van der Waals surface area (Å²) in [5, 5.41) is 21.1. The molecule has 0 aliphatic heterocycles. The molecule has 98 valence electrons. The number of hydrogen-bond donors (Lipinski definition) is 3. The van der Waals surface area contributed by atoms with Crippen molar-refractivity contribution in [3.8, 4) is 0 Å². The number of rotatable bonds is 7. The molecule has 0 aliphatic rings. The number of hydrogen-bond acceptors (Lipinski definition) is 3. The predicted octanol–water partition coefficient (Wildman–Crippen LogP) is 1.21. The topological polar surface area (TPSA) is 69.6 Å². The van der Waals surface area contributed by atoms with Gasteiger partial charge < -0.3 is 15.5 Å². The molecule has 0 bridgehead atoms. The second-order valence-corrected chi connectivity index (χ2v) is 4.17. The van der Waals surface area contributed by atoms with Crippen molar-refractivity contribution in [2.75, 3.05) is 13.2 Å². The van der Waals surface area contributed by atoms with Crippen molar-refractivity contribution in [3.05, 3.63) is 47.5 Å². The molecule has 0 aliphatic carbocycles. The summed E-state index contributed by atoms with van der Waals surface area (Å²) in [5.74, 6) is -0.916. The maximum absolute atomic E-state index is 10.6. The lowest BCUT2D eigenvalue weighted by Gasteiger charge is -2.15. The van der Waals surface area contributed by atoms with Gasteiger partial charge in [-0.15, -0.1) is 0 Å². The Labute approximate surface area is 107 Å². The quantitative estimate of drug-likeness (QED) is 0.635. The summed E-state index contributed by atoms with van der Waals surface area (Å²) in [6.45, 7) is 2.01. The fourth-order valence-corrected chi connectivity index (χ4v) is 1.57. The first-order chi connectivity index (χ1) is 8.63. The summed E-state index contributed by atoms with van der Waals surface area (Å²) in [6, 6.07) is 9.80. The van der Waals surface area contributed by atoms with E-state index >= 15 is 0 Å². The molecule has 0 spiro atoms. The monoisotopic (exact) mass is 249 g/mol. The summed E-state index contributed by atoms with van der Waals surface area (Å²) in [4.78, 5) is 10.6. The number of carbonyl (C=O) groups is 1. The van der Waals surface area contributed by atoms with Gasteiger partial charge in [0.25, 0.3) is 0 Å². The molecular weight excluding hydrogens is 230 g/mol. The van der Waals surface area contributed by atoms with Crippen molar-refractivity contribution < 1.29 is 15.0 Å². The zero-order valence-electron chi connectivity index (χ0n) is 10.5. The smallest absolute Gasteiger partial charge is 0.330 e. The predicted molar refractivity (Wildman–Crippen MR) is 70.4 cm³/mol. The van der Waals surface area contributed by atoms with E-state index in [2.05, 4.69) is 5.32 Å². The number of carboxylic acids is 1. The van der Waals surface area contributed by atoms with E-state index in [1.807, 2.05) is 30.3 Å². The molecule has 4 nitrogen and oxygen atoms in total. The Morgan fingerprint density at radius 2 is 2.06 bits per heavy atom. The van der Waals surface area contributed by atoms with Gasteiger partial charge in [-0.05, 0) is 18.9 Å². The van der Waals surface area contributed by atoms with Gasteiger partial charge in [0.15, 0.2) is 0 Å². The molecule has 1 aromatic rings. The molecule has 0 radical (unpaired) electrons. The highest BCUT2D eigenvalue weighted by Gasteiger charge is 2.07. The Bertz CT molecular complexity index is 401. The van der Waals surface area contributed by atoms with E-state index in [-0.39, 0.29) is 12.6 Å². The first kappa shape index (κ1) is 14.4. The van der Waals surface area contributed by atoms with E-state index < -0.39 is 5.97 Å². The highest BCUT2D eigenvalue weighted by molar-refractivity contribution is 5.85. The van der Waals surface area contributed by atoms with E-state index in [0.717, 1.165) is 12.0 Å². The highest BCUT2D eigenvalue weighted by atomic mass is 16.4. The van der Waals surface area contributed by atoms with Crippen LogP contribution in [0.2, 0.25) is 0 Å². The van der Waals surface area contributed by atoms with Gasteiger partial charge in [0.1, 0.15) is 0 Å². The number of benzene rings is 1. The Balaban J connectivity index is 2.43. The molecule has 0 fully saturated rings. The third-order valence-electron chi connectivity index (χ3n) is 2.70. The second-order valence-electron chi connectivity index (χ2n) is 4.17. The van der Waals surface area contributed by atoms with Crippen molar-refractivity contribution in [1.29, 1.82) is 0 Å². The average molecular weight is 249 g/mol. The number of aliphatic hydroxyl groups excluding tert-OH is 1. The van der Waals surface area contributed by atoms with Crippen LogP contribution < -0.4 is 5.32 Å². The third kappa shape index (κ3) is 5.12. The van der Waals surface area contributed by atoms with Gasteiger partial charge in [-0.3, -0.25) is 0 Å². The van der Waals surface area contributed by atoms with Crippen molar-refractivity contribution in [2.24, 2.45) is 0 Å². The normalized spacial score (nSPS) is 13.3. The molecule has 3 N–H and O–H groups in total. The Morgan fingerprint density at radius 1 is 1.39 bits per heavy atom. The molecule has 0 amide bonds. The van der Waals surface area contributed by atoms with E-state index in [1.54, 1.807) is 13.0 Å². The van der Waals surface area contributed by atoms with Gasteiger partial charge in [-0.25, -0.2) is 4.79 Å². The fraction of sp³-hybridized carbons (Fsp3) is 0.357. The Kier molecular flexibility index (Phi) is 6.11. The SMILES string of the molecule is C/C(=C/CNC(CO)Cc1ccccc1)C(=O)O. The van der Waals surface area contributed by atoms with E-state index in [9.17, 15) is 9.90 Å². The van der Waals surface area contributed by atoms with Crippen LogP contribution in [-0.2, 0) is 11.2 Å². The van der Waals surface area contributed by atoms with Crippen LogP contribution in [0.15, 0.2) is 42.0 Å². The number of carboxylic acid groups (broad SMARTS) is 1. The van der Waals surface area contributed by atoms with Gasteiger partial charge >= 0.3 is 5.97 Å². The van der Waals surface area contributed by atoms with Crippen molar-refractivity contribution in [3.63, 3.8) is 0 Å². The summed E-state index contributed by atoms with van der Waals surface area (Å²) in [5.41, 5.74) is 1.45. The van der Waals surface area contributed by atoms with Crippen LogP contribution in [0.4, 0.5) is 0 Å². The number of aliphatic carboxylic acids is 1. The molecule has 1 aromatic carbocycles. The lowest BCUT2D eigenvalue weighted by Crippen LogP contribution is -2.34. The van der Waals surface area contributed by atoms with E-state index in [1.165, 1.54) is 0 Å². The average Bonchev–Trinajstić information content (AvgIpc) is 2.38. The van der Waals surface area contributed by atoms with Crippen LogP contribution in [0.25, 0.3) is 0 Å². The maximum Gasteiger partial charge on any atom is 0.330 e. The van der Waals surface area contributed by atoms with E-state index in [0.29, 0.717) is 12.1 Å². The van der Waals surface area contributed by atoms with Crippen molar-refractivity contribution in [2.45, 2.75) is 19.4 Å². The van der Waals surface area contributed by atoms with Crippen LogP contribution in [0.1, 0.15) is 12.5 Å². The Hall–Kier alpha value is -1.65. The van der Waals surface area contributed by atoms with Gasteiger partial charge in [0.2, 0.25) is 0 Å². The van der Waals surface area contributed by atoms with Gasteiger partial charge in [-0.2, -0.15) is 0 Å². The van der Waals surface area contributed by atoms with Crippen LogP contribution in [0.5, 0.6) is 0 Å². The van der Waals surface area contributed by atoms with Gasteiger partial charge in [-0.1, -0.05) is 36.4 Å². The van der Waals surface area contributed by atoms with Crippen molar-refractivity contribution in [1.82, 2.24) is 5.32 Å². The molecule has 1 rings (SSSR count). The third-order valence-corrected chi connectivity index (χ3v) is 2.70. The zero-order chi connectivity index (χ0) is 13.4.